The third kappa shape index (κ3) is 4.09. The number of carbonyl (C=O) groups excluding carboxylic acids is 1. The van der Waals surface area contributed by atoms with E-state index >= 15 is 0 Å². The number of nitrogens with zero attached hydrogens (tertiary/aromatic N) is 1. The van der Waals surface area contributed by atoms with Gasteiger partial charge < -0.3 is 9.64 Å². The molecule has 3 nitrogen and oxygen atoms in total. The van der Waals surface area contributed by atoms with Crippen molar-refractivity contribution in [2.75, 3.05) is 14.1 Å². The molecular weight excluding hydrogens is 334 g/mol. The number of fused-ring (bicyclic) bond motifs is 1. The maximum absolute atomic E-state index is 12.1. The molecular formula is C24H25NO2. The summed E-state index contributed by atoms with van der Waals surface area (Å²) in [6.07, 6.45) is 0.727. The molecule has 3 aromatic rings. The van der Waals surface area contributed by atoms with Crippen molar-refractivity contribution >= 4 is 16.7 Å². The molecule has 3 aromatic carbocycles. The molecule has 3 rings (SSSR count). The zero-order valence-corrected chi connectivity index (χ0v) is 16.1. The number of hydrogen-bond donors (Lipinski definition) is 0. The van der Waals surface area contributed by atoms with Crippen LogP contribution < -0.4 is 0 Å². The first kappa shape index (κ1) is 18.9. The zero-order valence-electron chi connectivity index (χ0n) is 16.1. The van der Waals surface area contributed by atoms with Crippen molar-refractivity contribution in [3.8, 4) is 0 Å². The fourth-order valence-corrected chi connectivity index (χ4v) is 3.25. The second-order valence-corrected chi connectivity index (χ2v) is 6.90. The number of carbonyl (C=O) groups is 1. The van der Waals surface area contributed by atoms with Crippen molar-refractivity contribution in [2.45, 2.75) is 19.1 Å². The lowest BCUT2D eigenvalue weighted by Gasteiger charge is -2.27. The van der Waals surface area contributed by atoms with Crippen LogP contribution in [0.3, 0.4) is 0 Å². The van der Waals surface area contributed by atoms with Crippen molar-refractivity contribution in [3.05, 3.63) is 96.1 Å². The maximum atomic E-state index is 12.1. The Morgan fingerprint density at radius 2 is 1.59 bits per heavy atom. The van der Waals surface area contributed by atoms with Crippen molar-refractivity contribution in [3.63, 3.8) is 0 Å². The van der Waals surface area contributed by atoms with Gasteiger partial charge in [-0.1, -0.05) is 67.2 Å². The van der Waals surface area contributed by atoms with Crippen LogP contribution in [0.1, 0.15) is 35.8 Å². The van der Waals surface area contributed by atoms with Gasteiger partial charge in [0.2, 0.25) is 0 Å². The summed E-state index contributed by atoms with van der Waals surface area (Å²) in [4.78, 5) is 14.2. The van der Waals surface area contributed by atoms with Gasteiger partial charge in [0, 0.05) is 17.7 Å². The maximum Gasteiger partial charge on any atom is 0.331 e. The van der Waals surface area contributed by atoms with Crippen LogP contribution in [0.2, 0.25) is 0 Å². The summed E-state index contributed by atoms with van der Waals surface area (Å²) >= 11 is 0. The Balaban J connectivity index is 2.14. The number of esters is 1. The second kappa shape index (κ2) is 8.19. The highest BCUT2D eigenvalue weighted by atomic mass is 16.5. The van der Waals surface area contributed by atoms with Gasteiger partial charge >= 0.3 is 5.97 Å². The van der Waals surface area contributed by atoms with E-state index in [1.54, 1.807) is 0 Å². The molecule has 0 saturated heterocycles. The van der Waals surface area contributed by atoms with E-state index in [1.807, 2.05) is 50.5 Å². The van der Waals surface area contributed by atoms with Gasteiger partial charge in [0.25, 0.3) is 0 Å². The molecule has 0 aliphatic heterocycles. The molecule has 3 heteroatoms. The van der Waals surface area contributed by atoms with Gasteiger partial charge in [-0.25, -0.2) is 4.79 Å². The van der Waals surface area contributed by atoms with Crippen LogP contribution in [0, 0.1) is 0 Å². The molecule has 0 unspecified atom stereocenters. The number of hydrogen-bond acceptors (Lipinski definition) is 3. The third-order valence-electron chi connectivity index (χ3n) is 4.98. The molecule has 0 bridgehead atoms. The van der Waals surface area contributed by atoms with Crippen LogP contribution in [-0.4, -0.2) is 25.0 Å². The van der Waals surface area contributed by atoms with Crippen molar-refractivity contribution in [2.24, 2.45) is 0 Å². The third-order valence-corrected chi connectivity index (χ3v) is 4.98. The number of benzene rings is 3. The van der Waals surface area contributed by atoms with Crippen molar-refractivity contribution < 1.29 is 9.53 Å². The first-order valence-corrected chi connectivity index (χ1v) is 9.08. The first-order chi connectivity index (χ1) is 13.0. The summed E-state index contributed by atoms with van der Waals surface area (Å²) in [7, 11) is 4.09. The summed E-state index contributed by atoms with van der Waals surface area (Å²) < 4.78 is 5.82. The predicted molar refractivity (Wildman–Crippen MR) is 111 cm³/mol. The van der Waals surface area contributed by atoms with Crippen LogP contribution in [0.5, 0.6) is 0 Å². The van der Waals surface area contributed by atoms with Gasteiger partial charge in [-0.2, -0.15) is 0 Å². The fourth-order valence-electron chi connectivity index (χ4n) is 3.25. The molecule has 0 fully saturated rings. The van der Waals surface area contributed by atoms with Crippen LogP contribution in [0.4, 0.5) is 0 Å². The van der Waals surface area contributed by atoms with E-state index in [4.69, 9.17) is 4.74 Å². The van der Waals surface area contributed by atoms with Crippen LogP contribution in [0.25, 0.3) is 10.8 Å². The predicted octanol–water partition coefficient (Wildman–Crippen LogP) is 5.28. The fraction of sp³-hybridized carbons (Fsp3) is 0.208. The topological polar surface area (TPSA) is 29.5 Å². The van der Waals surface area contributed by atoms with Gasteiger partial charge in [0.1, 0.15) is 0 Å². The van der Waals surface area contributed by atoms with Gasteiger partial charge in [0.15, 0.2) is 6.10 Å². The number of rotatable bonds is 6. The van der Waals surface area contributed by atoms with Crippen LogP contribution in [-0.2, 0) is 9.53 Å². The largest absolute Gasteiger partial charge is 0.449 e. The average molecular weight is 359 g/mol. The summed E-state index contributed by atoms with van der Waals surface area (Å²) in [6.45, 7) is 5.70. The molecule has 0 aliphatic carbocycles. The normalized spacial score (nSPS) is 13.3. The van der Waals surface area contributed by atoms with Crippen LogP contribution in [0.15, 0.2) is 79.4 Å². The minimum absolute atomic E-state index is 0.187. The average Bonchev–Trinajstić information content (AvgIpc) is 2.70. The van der Waals surface area contributed by atoms with Crippen molar-refractivity contribution in [1.29, 1.82) is 0 Å². The van der Waals surface area contributed by atoms with Gasteiger partial charge in [0.05, 0.1) is 0 Å². The quantitative estimate of drug-likeness (QED) is 0.443. The standard InChI is InChI=1S/C24H25NO2/c1-5-23(26)27-24(20-15-14-18-10-6-7-11-19(18)16-20)22-13-9-8-12-21(22)17(2)25(3)4/h5-17,24H,1H2,2-4H3/t17-,24+/m1/s1. The Labute approximate surface area is 160 Å². The molecule has 2 atom stereocenters. The van der Waals surface area contributed by atoms with E-state index in [9.17, 15) is 4.79 Å². The van der Waals surface area contributed by atoms with E-state index < -0.39 is 12.1 Å². The Morgan fingerprint density at radius 3 is 2.26 bits per heavy atom. The summed E-state index contributed by atoms with van der Waals surface area (Å²) in [6, 6.07) is 22.7. The zero-order chi connectivity index (χ0) is 19.4. The van der Waals surface area contributed by atoms with Crippen molar-refractivity contribution in [1.82, 2.24) is 4.90 Å². The molecule has 0 N–H and O–H groups in total. The first-order valence-electron chi connectivity index (χ1n) is 9.08. The highest BCUT2D eigenvalue weighted by Crippen LogP contribution is 2.34. The molecule has 0 saturated carbocycles. The highest BCUT2D eigenvalue weighted by molar-refractivity contribution is 5.84. The lowest BCUT2D eigenvalue weighted by molar-refractivity contribution is -0.141. The molecule has 0 heterocycles. The van der Waals surface area contributed by atoms with Gasteiger partial charge in [-0.05, 0) is 49.0 Å². The Morgan fingerprint density at radius 1 is 0.963 bits per heavy atom. The van der Waals surface area contributed by atoms with Gasteiger partial charge in [-0.3, -0.25) is 0 Å². The molecule has 0 aliphatic rings. The van der Waals surface area contributed by atoms with Gasteiger partial charge in [-0.15, -0.1) is 0 Å². The molecule has 27 heavy (non-hydrogen) atoms. The lowest BCUT2D eigenvalue weighted by Crippen LogP contribution is -2.20. The Kier molecular flexibility index (Phi) is 5.72. The van der Waals surface area contributed by atoms with Crippen LogP contribution >= 0.6 is 0 Å². The SMILES string of the molecule is C=CC(=O)O[C@@H](c1ccc2ccccc2c1)c1ccccc1[C@@H](C)N(C)C. The Hall–Kier alpha value is -2.91. The summed E-state index contributed by atoms with van der Waals surface area (Å²) in [5.41, 5.74) is 3.07. The van der Waals surface area contributed by atoms with E-state index in [0.29, 0.717) is 0 Å². The highest BCUT2D eigenvalue weighted by Gasteiger charge is 2.24. The second-order valence-electron chi connectivity index (χ2n) is 6.90. The van der Waals surface area contributed by atoms with E-state index in [0.717, 1.165) is 27.5 Å². The molecule has 0 aromatic heterocycles. The lowest BCUT2D eigenvalue weighted by atomic mass is 9.92. The Bertz CT molecular complexity index is 961. The smallest absolute Gasteiger partial charge is 0.331 e. The molecule has 0 spiro atoms. The van der Waals surface area contributed by atoms with E-state index in [1.165, 1.54) is 6.08 Å². The molecule has 0 radical (unpaired) electrons. The molecule has 138 valence electrons. The molecule has 0 amide bonds. The minimum atomic E-state index is -0.487. The summed E-state index contributed by atoms with van der Waals surface area (Å²) in [5.74, 6) is -0.430. The summed E-state index contributed by atoms with van der Waals surface area (Å²) in [5, 5.41) is 2.28. The monoisotopic (exact) mass is 359 g/mol. The minimum Gasteiger partial charge on any atom is -0.449 e. The number of ether oxygens (including phenoxy) is 1. The van der Waals surface area contributed by atoms with E-state index in [-0.39, 0.29) is 6.04 Å². The van der Waals surface area contributed by atoms with E-state index in [2.05, 4.69) is 48.7 Å².